The molecule has 0 aromatic carbocycles. The molecule has 7 nitrogen and oxygen atoms in total. The number of rotatable bonds is 5. The molecule has 0 aliphatic carbocycles. The first-order valence-electron chi connectivity index (χ1n) is 6.36. The molecule has 1 amide bonds. The van der Waals surface area contributed by atoms with Gasteiger partial charge in [-0.15, -0.1) is 11.3 Å². The first kappa shape index (κ1) is 15.2. The SMILES string of the molecule is CC(C)[C@@H](NC(=O)c1csc(-c2cnn(C)c2)n1)C(=O)O. The Kier molecular flexibility index (Phi) is 4.37. The molecule has 0 unspecified atom stereocenters. The standard InChI is InChI=1S/C13H16N4O3S/c1-7(2)10(13(19)20)16-11(18)9-6-21-12(15-9)8-4-14-17(3)5-8/h4-7,10H,1-3H3,(H,16,18)(H,19,20)/t10-/m1/s1. The van der Waals surface area contributed by atoms with Crippen molar-refractivity contribution in [3.05, 3.63) is 23.5 Å². The van der Waals surface area contributed by atoms with Gasteiger partial charge in [0.15, 0.2) is 0 Å². The molecule has 0 saturated carbocycles. The average molecular weight is 308 g/mol. The fraction of sp³-hybridized carbons (Fsp3) is 0.385. The van der Waals surface area contributed by atoms with Gasteiger partial charge in [-0.05, 0) is 5.92 Å². The third-order valence-electron chi connectivity index (χ3n) is 2.91. The Hall–Kier alpha value is -2.22. The van der Waals surface area contributed by atoms with Crippen LogP contribution in [0.5, 0.6) is 0 Å². The Balaban J connectivity index is 2.14. The molecule has 2 N–H and O–H groups in total. The van der Waals surface area contributed by atoms with E-state index in [0.29, 0.717) is 5.01 Å². The van der Waals surface area contributed by atoms with Crippen molar-refractivity contribution < 1.29 is 14.7 Å². The van der Waals surface area contributed by atoms with E-state index in [1.807, 2.05) is 0 Å². The van der Waals surface area contributed by atoms with Gasteiger partial charge < -0.3 is 10.4 Å². The predicted molar refractivity (Wildman–Crippen MR) is 78.0 cm³/mol. The Bertz CT molecular complexity index is 662. The van der Waals surface area contributed by atoms with E-state index < -0.39 is 17.9 Å². The molecule has 2 rings (SSSR count). The summed E-state index contributed by atoms with van der Waals surface area (Å²) >= 11 is 1.32. The summed E-state index contributed by atoms with van der Waals surface area (Å²) in [6.07, 6.45) is 3.46. The molecule has 112 valence electrons. The highest BCUT2D eigenvalue weighted by Gasteiger charge is 2.25. The molecule has 0 bridgehead atoms. The van der Waals surface area contributed by atoms with Crippen LogP contribution >= 0.6 is 11.3 Å². The molecule has 0 radical (unpaired) electrons. The van der Waals surface area contributed by atoms with Gasteiger partial charge in [-0.1, -0.05) is 13.8 Å². The Morgan fingerprint density at radius 1 is 1.43 bits per heavy atom. The molecule has 8 heteroatoms. The molecule has 0 fully saturated rings. The average Bonchev–Trinajstić information content (AvgIpc) is 3.03. The van der Waals surface area contributed by atoms with Gasteiger partial charge in [0.25, 0.3) is 5.91 Å². The highest BCUT2D eigenvalue weighted by Crippen LogP contribution is 2.23. The monoisotopic (exact) mass is 308 g/mol. The van der Waals surface area contributed by atoms with E-state index in [1.54, 1.807) is 43.4 Å². The number of nitrogens with zero attached hydrogens (tertiary/aromatic N) is 3. The molecule has 2 aromatic rings. The van der Waals surface area contributed by atoms with Gasteiger partial charge in [-0.2, -0.15) is 5.10 Å². The number of carboxylic acids is 1. The number of carbonyl (C=O) groups is 2. The van der Waals surface area contributed by atoms with E-state index in [1.165, 1.54) is 11.3 Å². The molecular formula is C13H16N4O3S. The first-order valence-corrected chi connectivity index (χ1v) is 7.24. The molecule has 0 spiro atoms. The number of carboxylic acid groups (broad SMARTS) is 1. The number of thiazole rings is 1. The summed E-state index contributed by atoms with van der Waals surface area (Å²) in [6, 6.07) is -0.930. The third-order valence-corrected chi connectivity index (χ3v) is 3.80. The molecule has 0 aliphatic rings. The number of aromatic nitrogens is 3. The van der Waals surface area contributed by atoms with Crippen molar-refractivity contribution in [2.24, 2.45) is 13.0 Å². The zero-order valence-corrected chi connectivity index (χ0v) is 12.7. The lowest BCUT2D eigenvalue weighted by molar-refractivity contribution is -0.140. The lowest BCUT2D eigenvalue weighted by atomic mass is 10.0. The molecule has 2 aromatic heterocycles. The smallest absolute Gasteiger partial charge is 0.326 e. The summed E-state index contributed by atoms with van der Waals surface area (Å²) < 4.78 is 1.65. The molecule has 1 atom stereocenters. The lowest BCUT2D eigenvalue weighted by Gasteiger charge is -2.16. The minimum absolute atomic E-state index is 0.206. The van der Waals surface area contributed by atoms with Crippen LogP contribution in [0.1, 0.15) is 24.3 Å². The first-order chi connectivity index (χ1) is 9.88. The third kappa shape index (κ3) is 3.46. The van der Waals surface area contributed by atoms with Crippen molar-refractivity contribution in [3.63, 3.8) is 0 Å². The molecular weight excluding hydrogens is 292 g/mol. The van der Waals surface area contributed by atoms with Gasteiger partial charge in [0.1, 0.15) is 16.7 Å². The molecule has 21 heavy (non-hydrogen) atoms. The number of carbonyl (C=O) groups excluding carboxylic acids is 1. The van der Waals surface area contributed by atoms with Crippen molar-refractivity contribution >= 4 is 23.2 Å². The summed E-state index contributed by atoms with van der Waals surface area (Å²) in [5.41, 5.74) is 1.03. The van der Waals surface area contributed by atoms with Gasteiger partial charge in [0, 0.05) is 24.2 Å². The number of hydrogen-bond donors (Lipinski definition) is 2. The number of hydrogen-bond acceptors (Lipinski definition) is 5. The Morgan fingerprint density at radius 2 is 2.14 bits per heavy atom. The van der Waals surface area contributed by atoms with E-state index in [0.717, 1.165) is 5.56 Å². The van der Waals surface area contributed by atoms with Gasteiger partial charge in [0.2, 0.25) is 0 Å². The minimum Gasteiger partial charge on any atom is -0.480 e. The van der Waals surface area contributed by atoms with Crippen molar-refractivity contribution in [2.75, 3.05) is 0 Å². The second kappa shape index (κ2) is 6.04. The largest absolute Gasteiger partial charge is 0.480 e. The van der Waals surface area contributed by atoms with Crippen LogP contribution in [0.4, 0.5) is 0 Å². The molecule has 0 saturated heterocycles. The summed E-state index contributed by atoms with van der Waals surface area (Å²) in [6.45, 7) is 3.47. The number of aliphatic carboxylic acids is 1. The van der Waals surface area contributed by atoms with Gasteiger partial charge >= 0.3 is 5.97 Å². The quantitative estimate of drug-likeness (QED) is 0.870. The summed E-state index contributed by atoms with van der Waals surface area (Å²) in [5.74, 6) is -1.74. The fourth-order valence-electron chi connectivity index (χ4n) is 1.77. The second-order valence-corrected chi connectivity index (χ2v) is 5.83. The van der Waals surface area contributed by atoms with Crippen LogP contribution < -0.4 is 5.32 Å². The van der Waals surface area contributed by atoms with E-state index in [2.05, 4.69) is 15.4 Å². The normalized spacial score (nSPS) is 12.4. The van der Waals surface area contributed by atoms with Gasteiger partial charge in [-0.3, -0.25) is 9.48 Å². The van der Waals surface area contributed by atoms with Crippen LogP contribution in [0, 0.1) is 5.92 Å². The number of aryl methyl sites for hydroxylation is 1. The van der Waals surface area contributed by atoms with Gasteiger partial charge in [-0.25, -0.2) is 9.78 Å². The summed E-state index contributed by atoms with van der Waals surface area (Å²) in [4.78, 5) is 27.4. The predicted octanol–water partition coefficient (Wildman–Crippen LogP) is 1.38. The maximum absolute atomic E-state index is 12.1. The van der Waals surface area contributed by atoms with Crippen LogP contribution in [-0.2, 0) is 11.8 Å². The second-order valence-electron chi connectivity index (χ2n) is 4.97. The van der Waals surface area contributed by atoms with Crippen molar-refractivity contribution in [3.8, 4) is 10.6 Å². The minimum atomic E-state index is -1.05. The van der Waals surface area contributed by atoms with Crippen LogP contribution in [-0.4, -0.2) is 37.8 Å². The maximum Gasteiger partial charge on any atom is 0.326 e. The van der Waals surface area contributed by atoms with Crippen molar-refractivity contribution in [1.82, 2.24) is 20.1 Å². The Labute approximate surface area is 125 Å². The van der Waals surface area contributed by atoms with Crippen LogP contribution in [0.15, 0.2) is 17.8 Å². The molecule has 2 heterocycles. The highest BCUT2D eigenvalue weighted by atomic mass is 32.1. The fourth-order valence-corrected chi connectivity index (χ4v) is 2.55. The Morgan fingerprint density at radius 3 is 2.67 bits per heavy atom. The van der Waals surface area contributed by atoms with Crippen LogP contribution in [0.25, 0.3) is 10.6 Å². The topological polar surface area (TPSA) is 97.1 Å². The van der Waals surface area contributed by atoms with Crippen LogP contribution in [0.2, 0.25) is 0 Å². The zero-order valence-electron chi connectivity index (χ0n) is 11.9. The van der Waals surface area contributed by atoms with E-state index in [-0.39, 0.29) is 11.6 Å². The van der Waals surface area contributed by atoms with E-state index in [4.69, 9.17) is 5.11 Å². The van der Waals surface area contributed by atoms with Gasteiger partial charge in [0.05, 0.1) is 6.20 Å². The van der Waals surface area contributed by atoms with E-state index in [9.17, 15) is 9.59 Å². The number of nitrogens with one attached hydrogen (secondary N) is 1. The number of amides is 1. The summed E-state index contributed by atoms with van der Waals surface area (Å²) in [7, 11) is 1.80. The van der Waals surface area contributed by atoms with Crippen LogP contribution in [0.3, 0.4) is 0 Å². The van der Waals surface area contributed by atoms with E-state index >= 15 is 0 Å². The maximum atomic E-state index is 12.1. The summed E-state index contributed by atoms with van der Waals surface area (Å²) in [5, 5.41) is 17.9. The highest BCUT2D eigenvalue weighted by molar-refractivity contribution is 7.13. The van der Waals surface area contributed by atoms with Crippen molar-refractivity contribution in [1.29, 1.82) is 0 Å². The zero-order chi connectivity index (χ0) is 15.6. The lowest BCUT2D eigenvalue weighted by Crippen LogP contribution is -2.44. The van der Waals surface area contributed by atoms with Crippen molar-refractivity contribution in [2.45, 2.75) is 19.9 Å². The molecule has 0 aliphatic heterocycles.